The maximum Gasteiger partial charge on any atom is 0.233 e. The molecule has 8 heterocycles. The highest BCUT2D eigenvalue weighted by molar-refractivity contribution is 6.32. The zero-order chi connectivity index (χ0) is 47.0. The van der Waals surface area contributed by atoms with Gasteiger partial charge in [0.2, 0.25) is 11.8 Å². The quantitative estimate of drug-likeness (QED) is 0.168. The molecular weight excluding hydrogens is 884 g/mol. The average molecular weight is 954 g/mol. The Labute approximate surface area is 413 Å². The fraction of sp³-hybridized carbons (Fsp3) is 0.618. The molecule has 364 valence electrons. The minimum Gasteiger partial charge on any atom is -0.473 e. The van der Waals surface area contributed by atoms with Crippen LogP contribution in [0.1, 0.15) is 136 Å². The third-order valence-corrected chi connectivity index (χ3v) is 18.7. The molecule has 14 heteroatoms. The molecule has 0 N–H and O–H groups in total. The zero-order valence-corrected chi connectivity index (χ0v) is 41.7. The van der Waals surface area contributed by atoms with Gasteiger partial charge in [-0.1, -0.05) is 17.7 Å². The lowest BCUT2D eigenvalue weighted by atomic mass is 9.61. The van der Waals surface area contributed by atoms with Crippen molar-refractivity contribution in [2.24, 2.45) is 10.8 Å². The van der Waals surface area contributed by atoms with Crippen molar-refractivity contribution < 1.29 is 14.3 Å². The molecule has 12 rings (SSSR count). The molecule has 2 spiro atoms. The SMILES string of the molecule is CC(=O)N1CCc2c(c(N3CCCc4cc(C5COC5)c(C)cc43)nn2C2CCC(N3CCC4(CC3)CC(Oc3ccc(N5CCC6(CC5)C[C@H](C)N(c5ccc(C#N)c(Cl)c5)C6)nn3)C4)CC2)C1. The Morgan fingerprint density at radius 1 is 0.884 bits per heavy atom. The third kappa shape index (κ3) is 8.44. The molecule has 0 bridgehead atoms. The van der Waals surface area contributed by atoms with Crippen molar-refractivity contribution in [3.05, 3.63) is 81.0 Å². The number of hydrogen-bond donors (Lipinski definition) is 0. The molecule has 2 aromatic heterocycles. The van der Waals surface area contributed by atoms with Crippen molar-refractivity contribution in [1.82, 2.24) is 29.8 Å². The number of benzene rings is 2. The molecule has 2 saturated carbocycles. The van der Waals surface area contributed by atoms with E-state index < -0.39 is 0 Å². The number of ether oxygens (including phenoxy) is 2. The Balaban J connectivity index is 0.621. The van der Waals surface area contributed by atoms with Gasteiger partial charge in [-0.3, -0.25) is 9.48 Å². The first-order valence-corrected chi connectivity index (χ1v) is 26.7. The van der Waals surface area contributed by atoms with Crippen LogP contribution < -0.4 is 19.4 Å². The van der Waals surface area contributed by atoms with Gasteiger partial charge in [-0.25, -0.2) is 0 Å². The maximum atomic E-state index is 12.7. The lowest BCUT2D eigenvalue weighted by molar-refractivity contribution is -0.129. The molecule has 8 aliphatic rings. The van der Waals surface area contributed by atoms with Crippen molar-refractivity contribution in [1.29, 1.82) is 5.26 Å². The van der Waals surface area contributed by atoms with Crippen LogP contribution in [0.5, 0.6) is 5.88 Å². The molecule has 6 aliphatic heterocycles. The number of halogens is 1. The Morgan fingerprint density at radius 3 is 2.35 bits per heavy atom. The molecule has 4 saturated heterocycles. The Bertz CT molecular complexity index is 2610. The van der Waals surface area contributed by atoms with E-state index in [-0.39, 0.29) is 17.4 Å². The summed E-state index contributed by atoms with van der Waals surface area (Å²) in [5.74, 6) is 3.33. The lowest BCUT2D eigenvalue weighted by Gasteiger charge is -2.53. The largest absolute Gasteiger partial charge is 0.473 e. The highest BCUT2D eigenvalue weighted by Crippen LogP contribution is 2.52. The van der Waals surface area contributed by atoms with Gasteiger partial charge >= 0.3 is 0 Å². The summed E-state index contributed by atoms with van der Waals surface area (Å²) in [6.07, 6.45) is 16.1. The van der Waals surface area contributed by atoms with Crippen molar-refractivity contribution in [2.75, 3.05) is 73.7 Å². The van der Waals surface area contributed by atoms with Gasteiger partial charge in [0.25, 0.3) is 0 Å². The van der Waals surface area contributed by atoms with E-state index in [1.807, 2.05) is 29.2 Å². The Kier molecular flexibility index (Phi) is 11.8. The fourth-order valence-corrected chi connectivity index (χ4v) is 14.4. The molecule has 4 aromatic rings. The molecule has 1 atom stereocenters. The molecule has 0 unspecified atom stereocenters. The molecule has 69 heavy (non-hydrogen) atoms. The molecule has 2 aromatic carbocycles. The van der Waals surface area contributed by atoms with Gasteiger partial charge in [0.05, 0.1) is 36.4 Å². The number of carbonyl (C=O) groups excluding carboxylic acids is 1. The standard InChI is InChI=1S/C55H69ClN10O3/c1-36-25-50-39(26-46(36)41-33-68-34-41)5-4-19-64(50)53-47-32-63(38(3)67)20-14-49(47)66(60-53)43-10-8-42(9-11-43)61-21-15-54(16-22-61)29-45(30-54)69-52-13-12-51(58-59-52)62-23-17-55(18-24-62)28-37(2)65(35-55)44-7-6-40(31-57)48(56)27-44/h6-7,12-13,25-27,37,41-43,45H,4-5,8-11,14-24,28-30,32-35H2,1-3H3/t37-,42?,43?/m0/s1. The van der Waals surface area contributed by atoms with Crippen molar-refractivity contribution in [3.63, 3.8) is 0 Å². The number of fused-ring (bicyclic) bond motifs is 2. The lowest BCUT2D eigenvalue weighted by Crippen LogP contribution is -2.53. The van der Waals surface area contributed by atoms with E-state index in [4.69, 9.17) is 26.2 Å². The van der Waals surface area contributed by atoms with E-state index in [9.17, 15) is 10.1 Å². The summed E-state index contributed by atoms with van der Waals surface area (Å²) in [6, 6.07) is 18.5. The van der Waals surface area contributed by atoms with Gasteiger partial charge in [-0.2, -0.15) is 10.4 Å². The molecule has 1 amide bonds. The van der Waals surface area contributed by atoms with Crippen LogP contribution in [0.15, 0.2) is 42.5 Å². The second-order valence-electron chi connectivity index (χ2n) is 22.5. The summed E-state index contributed by atoms with van der Waals surface area (Å²) in [5, 5.41) is 24.7. The van der Waals surface area contributed by atoms with E-state index in [1.54, 1.807) is 6.92 Å². The van der Waals surface area contributed by atoms with Crippen LogP contribution in [0.2, 0.25) is 5.02 Å². The number of anilines is 4. The van der Waals surface area contributed by atoms with Gasteiger partial charge in [0, 0.05) is 92.8 Å². The Morgan fingerprint density at radius 2 is 1.65 bits per heavy atom. The van der Waals surface area contributed by atoms with E-state index in [1.165, 1.54) is 72.4 Å². The summed E-state index contributed by atoms with van der Waals surface area (Å²) >= 11 is 6.42. The van der Waals surface area contributed by atoms with Crippen molar-refractivity contribution >= 4 is 40.5 Å². The molecule has 6 fully saturated rings. The Hall–Kier alpha value is -4.90. The smallest absolute Gasteiger partial charge is 0.233 e. The van der Waals surface area contributed by atoms with Crippen LogP contribution in [0.3, 0.4) is 0 Å². The van der Waals surface area contributed by atoms with Gasteiger partial charge in [-0.05, 0) is 168 Å². The first kappa shape index (κ1) is 45.3. The van der Waals surface area contributed by atoms with Crippen molar-refractivity contribution in [2.45, 2.75) is 147 Å². The predicted octanol–water partition coefficient (Wildman–Crippen LogP) is 9.30. The minimum absolute atomic E-state index is 0.152. The van der Waals surface area contributed by atoms with E-state index in [0.717, 1.165) is 127 Å². The van der Waals surface area contributed by atoms with Gasteiger partial charge in [0.15, 0.2) is 11.6 Å². The highest BCUT2D eigenvalue weighted by atomic mass is 35.5. The zero-order valence-electron chi connectivity index (χ0n) is 41.0. The first-order chi connectivity index (χ1) is 33.5. The number of aromatic nitrogens is 4. The van der Waals surface area contributed by atoms with E-state index in [2.05, 4.69) is 72.6 Å². The van der Waals surface area contributed by atoms with E-state index >= 15 is 0 Å². The van der Waals surface area contributed by atoms with Gasteiger partial charge in [0.1, 0.15) is 12.2 Å². The van der Waals surface area contributed by atoms with Crippen molar-refractivity contribution in [3.8, 4) is 11.9 Å². The number of piperidine rings is 2. The monoisotopic (exact) mass is 953 g/mol. The number of nitriles is 1. The van der Waals surface area contributed by atoms with Gasteiger partial charge in [-0.15, -0.1) is 10.2 Å². The van der Waals surface area contributed by atoms with Crippen LogP contribution in [-0.2, 0) is 28.9 Å². The summed E-state index contributed by atoms with van der Waals surface area (Å²) in [6.45, 7) is 15.6. The third-order valence-electron chi connectivity index (χ3n) is 18.4. The number of carbonyl (C=O) groups is 1. The first-order valence-electron chi connectivity index (χ1n) is 26.3. The number of rotatable bonds is 8. The topological polar surface area (TPSA) is 119 Å². The second-order valence-corrected chi connectivity index (χ2v) is 22.9. The van der Waals surface area contributed by atoms with Crippen LogP contribution in [0.25, 0.3) is 0 Å². The van der Waals surface area contributed by atoms with Gasteiger partial charge < -0.3 is 34.0 Å². The number of amides is 1. The minimum atomic E-state index is 0.152. The van der Waals surface area contributed by atoms with E-state index in [0.29, 0.717) is 52.5 Å². The summed E-state index contributed by atoms with van der Waals surface area (Å²) in [5.41, 5.74) is 10.4. The number of nitrogens with zero attached hydrogens (tertiary/aromatic N) is 10. The fourth-order valence-electron chi connectivity index (χ4n) is 14.2. The second kappa shape index (κ2) is 18.1. The normalized spacial score (nSPS) is 25.8. The van der Waals surface area contributed by atoms with Crippen LogP contribution >= 0.6 is 11.6 Å². The molecule has 2 aliphatic carbocycles. The maximum absolute atomic E-state index is 12.7. The number of aryl methyl sites for hydroxylation is 2. The average Bonchev–Trinajstić information content (AvgIpc) is 3.88. The predicted molar refractivity (Wildman–Crippen MR) is 269 cm³/mol. The summed E-state index contributed by atoms with van der Waals surface area (Å²) in [7, 11) is 0. The van der Waals surface area contributed by atoms with Crippen LogP contribution in [0.4, 0.5) is 23.0 Å². The number of likely N-dealkylation sites (tertiary alicyclic amines) is 1. The highest BCUT2D eigenvalue weighted by Gasteiger charge is 2.49. The summed E-state index contributed by atoms with van der Waals surface area (Å²) in [4.78, 5) is 24.9. The summed E-state index contributed by atoms with van der Waals surface area (Å²) < 4.78 is 14.5. The molecular formula is C55H69ClN10O3. The van der Waals surface area contributed by atoms with Crippen LogP contribution in [-0.4, -0.2) is 113 Å². The number of hydrogen-bond acceptors (Lipinski definition) is 11. The molecule has 0 radical (unpaired) electrons. The molecule has 13 nitrogen and oxygen atoms in total. The van der Waals surface area contributed by atoms with Crippen LogP contribution in [0, 0.1) is 29.1 Å².